The van der Waals surface area contributed by atoms with E-state index in [0.29, 0.717) is 19.8 Å². The van der Waals surface area contributed by atoms with Crippen molar-refractivity contribution in [2.24, 2.45) is 11.7 Å². The molecule has 1 heterocycles. The molecule has 0 saturated heterocycles. The summed E-state index contributed by atoms with van der Waals surface area (Å²) in [7, 11) is 0. The molecular formula is C20H24N2O3. The van der Waals surface area contributed by atoms with Crippen LogP contribution in [0.3, 0.4) is 0 Å². The molecule has 1 aliphatic rings. The lowest BCUT2D eigenvalue weighted by Crippen LogP contribution is -2.36. The van der Waals surface area contributed by atoms with Crippen molar-refractivity contribution < 1.29 is 14.3 Å². The minimum atomic E-state index is -0.310. The molecule has 0 radical (unpaired) electrons. The first-order valence-electron chi connectivity index (χ1n) is 8.62. The van der Waals surface area contributed by atoms with Gasteiger partial charge in [0.05, 0.1) is 5.92 Å². The molecule has 0 fully saturated rings. The fourth-order valence-corrected chi connectivity index (χ4v) is 2.86. The third-order valence-electron chi connectivity index (χ3n) is 4.46. The molecule has 5 nitrogen and oxygen atoms in total. The molecular weight excluding hydrogens is 316 g/mol. The molecule has 0 spiro atoms. The lowest BCUT2D eigenvalue weighted by atomic mass is 9.94. The van der Waals surface area contributed by atoms with Crippen LogP contribution in [0.1, 0.15) is 24.1 Å². The fourth-order valence-electron chi connectivity index (χ4n) is 2.86. The second-order valence-corrected chi connectivity index (χ2v) is 6.24. The number of hydrogen-bond donors (Lipinski definition) is 2. The van der Waals surface area contributed by atoms with Crippen molar-refractivity contribution >= 4 is 5.91 Å². The summed E-state index contributed by atoms with van der Waals surface area (Å²) in [5.41, 5.74) is 8.28. The summed E-state index contributed by atoms with van der Waals surface area (Å²) in [5.74, 6) is 1.23. The van der Waals surface area contributed by atoms with Crippen LogP contribution < -0.4 is 20.5 Å². The molecule has 1 amide bonds. The molecule has 2 aromatic carbocycles. The van der Waals surface area contributed by atoms with Gasteiger partial charge in [-0.25, -0.2) is 0 Å². The van der Waals surface area contributed by atoms with Crippen molar-refractivity contribution in [3.05, 3.63) is 59.7 Å². The number of benzene rings is 2. The normalized spacial score (nSPS) is 15.3. The van der Waals surface area contributed by atoms with E-state index in [1.807, 2.05) is 55.5 Å². The fraction of sp³-hybridized carbons (Fsp3) is 0.350. The molecule has 2 unspecified atom stereocenters. The van der Waals surface area contributed by atoms with E-state index in [4.69, 9.17) is 15.2 Å². The maximum atomic E-state index is 12.3. The van der Waals surface area contributed by atoms with Gasteiger partial charge < -0.3 is 20.5 Å². The summed E-state index contributed by atoms with van der Waals surface area (Å²) in [6.07, 6.45) is 0.732. The van der Waals surface area contributed by atoms with Gasteiger partial charge in [0.1, 0.15) is 13.2 Å². The minimum Gasteiger partial charge on any atom is -0.486 e. The second-order valence-electron chi connectivity index (χ2n) is 6.24. The lowest BCUT2D eigenvalue weighted by Gasteiger charge is -2.20. The highest BCUT2D eigenvalue weighted by Gasteiger charge is 2.21. The van der Waals surface area contributed by atoms with Crippen LogP contribution in [0, 0.1) is 5.92 Å². The van der Waals surface area contributed by atoms with Gasteiger partial charge in [-0.05, 0) is 29.7 Å². The van der Waals surface area contributed by atoms with Crippen LogP contribution in [-0.2, 0) is 11.2 Å². The molecule has 5 heteroatoms. The Balaban J connectivity index is 1.50. The third-order valence-corrected chi connectivity index (χ3v) is 4.46. The maximum absolute atomic E-state index is 12.3. The minimum absolute atomic E-state index is 0.0334. The van der Waals surface area contributed by atoms with E-state index < -0.39 is 0 Å². The Morgan fingerprint density at radius 1 is 1.12 bits per heavy atom. The number of nitrogens with two attached hydrogens (primary N) is 1. The van der Waals surface area contributed by atoms with Crippen molar-refractivity contribution in [3.63, 3.8) is 0 Å². The van der Waals surface area contributed by atoms with Crippen molar-refractivity contribution in [1.29, 1.82) is 0 Å². The SMILES string of the molecule is CC(C(=O)NCCc1ccc2c(c1)OCCO2)C(N)c1ccccc1. The van der Waals surface area contributed by atoms with E-state index in [-0.39, 0.29) is 17.9 Å². The molecule has 132 valence electrons. The van der Waals surface area contributed by atoms with E-state index in [0.717, 1.165) is 29.0 Å². The number of amides is 1. The smallest absolute Gasteiger partial charge is 0.224 e. The van der Waals surface area contributed by atoms with E-state index in [9.17, 15) is 4.79 Å². The number of carbonyl (C=O) groups excluding carboxylic acids is 1. The van der Waals surface area contributed by atoms with Gasteiger partial charge in [-0.3, -0.25) is 4.79 Å². The number of hydrogen-bond acceptors (Lipinski definition) is 4. The van der Waals surface area contributed by atoms with E-state index in [1.54, 1.807) is 0 Å². The highest BCUT2D eigenvalue weighted by molar-refractivity contribution is 5.79. The Morgan fingerprint density at radius 2 is 1.84 bits per heavy atom. The predicted molar refractivity (Wildman–Crippen MR) is 96.7 cm³/mol. The number of nitrogens with one attached hydrogen (secondary N) is 1. The quantitative estimate of drug-likeness (QED) is 0.847. The zero-order chi connectivity index (χ0) is 17.6. The van der Waals surface area contributed by atoms with Crippen molar-refractivity contribution in [2.45, 2.75) is 19.4 Å². The zero-order valence-corrected chi connectivity index (χ0v) is 14.4. The average molecular weight is 340 g/mol. The Hall–Kier alpha value is -2.53. The predicted octanol–water partition coefficient (Wildman–Crippen LogP) is 2.45. The standard InChI is InChI=1S/C20H24N2O3/c1-14(19(21)16-5-3-2-4-6-16)20(23)22-10-9-15-7-8-17-18(13-15)25-12-11-24-17/h2-8,13-14,19H,9-12,21H2,1H3,(H,22,23). The first-order chi connectivity index (χ1) is 12.1. The van der Waals surface area contributed by atoms with Gasteiger partial charge in [0.15, 0.2) is 11.5 Å². The topological polar surface area (TPSA) is 73.6 Å². The first kappa shape index (κ1) is 17.3. The number of fused-ring (bicyclic) bond motifs is 1. The van der Waals surface area contributed by atoms with Gasteiger partial charge in [-0.2, -0.15) is 0 Å². The number of rotatable bonds is 6. The Kier molecular flexibility index (Phi) is 5.56. The molecule has 0 aromatic heterocycles. The van der Waals surface area contributed by atoms with E-state index in [1.165, 1.54) is 0 Å². The van der Waals surface area contributed by atoms with Crippen LogP contribution in [0.4, 0.5) is 0 Å². The van der Waals surface area contributed by atoms with Gasteiger partial charge in [0.2, 0.25) is 5.91 Å². The molecule has 3 rings (SSSR count). The summed E-state index contributed by atoms with van der Waals surface area (Å²) in [4.78, 5) is 12.3. The molecule has 2 aromatic rings. The highest BCUT2D eigenvalue weighted by Crippen LogP contribution is 2.30. The monoisotopic (exact) mass is 340 g/mol. The average Bonchev–Trinajstić information content (AvgIpc) is 2.67. The summed E-state index contributed by atoms with van der Waals surface area (Å²) < 4.78 is 11.1. The van der Waals surface area contributed by atoms with E-state index in [2.05, 4.69) is 5.32 Å². The van der Waals surface area contributed by atoms with Crippen LogP contribution in [0.15, 0.2) is 48.5 Å². The number of carbonyl (C=O) groups is 1. The van der Waals surface area contributed by atoms with Gasteiger partial charge in [-0.15, -0.1) is 0 Å². The highest BCUT2D eigenvalue weighted by atomic mass is 16.6. The van der Waals surface area contributed by atoms with Crippen LogP contribution >= 0.6 is 0 Å². The Morgan fingerprint density at radius 3 is 2.60 bits per heavy atom. The molecule has 3 N–H and O–H groups in total. The zero-order valence-electron chi connectivity index (χ0n) is 14.4. The summed E-state index contributed by atoms with van der Waals surface area (Å²) in [6, 6.07) is 15.3. The van der Waals surface area contributed by atoms with Crippen LogP contribution in [0.2, 0.25) is 0 Å². The summed E-state index contributed by atoms with van der Waals surface area (Å²) >= 11 is 0. The van der Waals surface area contributed by atoms with Crippen LogP contribution in [-0.4, -0.2) is 25.7 Å². The molecule has 0 aliphatic carbocycles. The van der Waals surface area contributed by atoms with Crippen molar-refractivity contribution in [1.82, 2.24) is 5.32 Å². The third kappa shape index (κ3) is 4.31. The summed E-state index contributed by atoms with van der Waals surface area (Å²) in [6.45, 7) is 3.57. The van der Waals surface area contributed by atoms with Crippen molar-refractivity contribution in [3.8, 4) is 11.5 Å². The Labute approximate surface area is 148 Å². The first-order valence-corrected chi connectivity index (χ1v) is 8.62. The maximum Gasteiger partial charge on any atom is 0.224 e. The molecule has 0 saturated carbocycles. The second kappa shape index (κ2) is 8.03. The lowest BCUT2D eigenvalue weighted by molar-refractivity contribution is -0.125. The van der Waals surface area contributed by atoms with Gasteiger partial charge in [-0.1, -0.05) is 43.3 Å². The number of ether oxygens (including phenoxy) is 2. The molecule has 2 atom stereocenters. The Bertz CT molecular complexity index is 718. The van der Waals surface area contributed by atoms with Crippen LogP contribution in [0.5, 0.6) is 11.5 Å². The van der Waals surface area contributed by atoms with Gasteiger partial charge in [0.25, 0.3) is 0 Å². The van der Waals surface area contributed by atoms with Gasteiger partial charge >= 0.3 is 0 Å². The summed E-state index contributed by atoms with van der Waals surface area (Å²) in [5, 5.41) is 2.97. The van der Waals surface area contributed by atoms with Crippen LogP contribution in [0.25, 0.3) is 0 Å². The van der Waals surface area contributed by atoms with Gasteiger partial charge in [0, 0.05) is 12.6 Å². The molecule has 25 heavy (non-hydrogen) atoms. The largest absolute Gasteiger partial charge is 0.486 e. The molecule has 1 aliphatic heterocycles. The van der Waals surface area contributed by atoms with Crippen molar-refractivity contribution in [2.75, 3.05) is 19.8 Å². The molecule has 0 bridgehead atoms. The van der Waals surface area contributed by atoms with E-state index >= 15 is 0 Å².